The fraction of sp³-hybridized carbons (Fsp3) is 0.857. The molecule has 1 aliphatic rings. The maximum Gasteiger partial charge on any atom is 0.508 e. The molecular formula is C21H36O9. The molecule has 2 atom stereocenters. The molecule has 9 heteroatoms. The summed E-state index contributed by atoms with van der Waals surface area (Å²) in [6.45, 7) is 12.0. The average Bonchev–Trinajstić information content (AvgIpc) is 2.65. The van der Waals surface area contributed by atoms with Crippen LogP contribution in [0.1, 0.15) is 60.8 Å². The molecule has 0 aromatic heterocycles. The van der Waals surface area contributed by atoms with Crippen molar-refractivity contribution in [1.29, 1.82) is 0 Å². The van der Waals surface area contributed by atoms with E-state index in [1.165, 1.54) is 0 Å². The first-order valence-corrected chi connectivity index (χ1v) is 10.6. The highest BCUT2D eigenvalue weighted by molar-refractivity contribution is 5.62. The van der Waals surface area contributed by atoms with Crippen LogP contribution in [0.4, 0.5) is 14.4 Å². The van der Waals surface area contributed by atoms with Crippen molar-refractivity contribution >= 4 is 18.5 Å². The van der Waals surface area contributed by atoms with Crippen molar-refractivity contribution in [2.75, 3.05) is 19.8 Å². The Morgan fingerprint density at radius 1 is 0.633 bits per heavy atom. The standard InChI is InChI=1S/C21H36O9/c1-13(2)10-25-19(22)28-16-8-7-9-17(29-20(23)26-11-14(3)4)18(16)30-21(24)27-12-15(5)6/h13-18H,7-12H2,1-6H3. The lowest BCUT2D eigenvalue weighted by atomic mass is 9.91. The maximum atomic E-state index is 12.1. The minimum atomic E-state index is -1.02. The van der Waals surface area contributed by atoms with Gasteiger partial charge in [0, 0.05) is 0 Å². The Morgan fingerprint density at radius 3 is 1.30 bits per heavy atom. The predicted octanol–water partition coefficient (Wildman–Crippen LogP) is 4.70. The highest BCUT2D eigenvalue weighted by Crippen LogP contribution is 2.28. The molecule has 0 saturated heterocycles. The zero-order valence-corrected chi connectivity index (χ0v) is 18.9. The number of carbonyl (C=O) groups is 3. The number of hydrogen-bond acceptors (Lipinski definition) is 9. The van der Waals surface area contributed by atoms with Crippen LogP contribution in [0.15, 0.2) is 0 Å². The quantitative estimate of drug-likeness (QED) is 0.378. The summed E-state index contributed by atoms with van der Waals surface area (Å²) in [5.41, 5.74) is 0. The molecule has 0 aromatic carbocycles. The van der Waals surface area contributed by atoms with E-state index in [1.807, 2.05) is 41.5 Å². The summed E-state index contributed by atoms with van der Waals surface area (Å²) in [4.78, 5) is 36.2. The van der Waals surface area contributed by atoms with Crippen molar-refractivity contribution in [3.63, 3.8) is 0 Å². The van der Waals surface area contributed by atoms with Gasteiger partial charge in [-0.25, -0.2) is 14.4 Å². The zero-order chi connectivity index (χ0) is 22.7. The van der Waals surface area contributed by atoms with E-state index in [0.29, 0.717) is 19.3 Å². The molecule has 0 aliphatic heterocycles. The van der Waals surface area contributed by atoms with Gasteiger partial charge in [-0.15, -0.1) is 0 Å². The number of hydrogen-bond donors (Lipinski definition) is 0. The van der Waals surface area contributed by atoms with E-state index in [0.717, 1.165) is 0 Å². The van der Waals surface area contributed by atoms with Gasteiger partial charge in [0.25, 0.3) is 0 Å². The molecule has 0 heterocycles. The maximum absolute atomic E-state index is 12.1. The van der Waals surface area contributed by atoms with E-state index >= 15 is 0 Å². The molecule has 0 spiro atoms. The molecule has 1 saturated carbocycles. The Hall–Kier alpha value is -2.19. The van der Waals surface area contributed by atoms with Gasteiger partial charge in [0.05, 0.1) is 19.8 Å². The van der Waals surface area contributed by atoms with Gasteiger partial charge in [0.2, 0.25) is 0 Å². The second-order valence-electron chi connectivity index (χ2n) is 8.69. The minimum Gasteiger partial charge on any atom is -0.434 e. The molecule has 0 aromatic rings. The molecule has 30 heavy (non-hydrogen) atoms. The number of carbonyl (C=O) groups excluding carboxylic acids is 3. The lowest BCUT2D eigenvalue weighted by Crippen LogP contribution is -2.48. The lowest BCUT2D eigenvalue weighted by molar-refractivity contribution is -0.127. The van der Waals surface area contributed by atoms with Crippen molar-refractivity contribution in [3.8, 4) is 0 Å². The summed E-state index contributed by atoms with van der Waals surface area (Å²) < 4.78 is 31.3. The Morgan fingerprint density at radius 2 is 0.967 bits per heavy atom. The summed E-state index contributed by atoms with van der Waals surface area (Å²) in [5.74, 6) is 0.419. The van der Waals surface area contributed by atoms with Gasteiger partial charge in [-0.05, 0) is 37.0 Å². The van der Waals surface area contributed by atoms with Crippen LogP contribution >= 0.6 is 0 Å². The third-order valence-electron chi connectivity index (χ3n) is 4.04. The number of rotatable bonds is 9. The first kappa shape index (κ1) is 25.8. The van der Waals surface area contributed by atoms with E-state index < -0.39 is 36.8 Å². The molecule has 1 rings (SSSR count). The van der Waals surface area contributed by atoms with Crippen molar-refractivity contribution in [3.05, 3.63) is 0 Å². The highest BCUT2D eigenvalue weighted by atomic mass is 16.8. The first-order valence-electron chi connectivity index (χ1n) is 10.6. The van der Waals surface area contributed by atoms with Crippen molar-refractivity contribution in [2.45, 2.75) is 79.1 Å². The van der Waals surface area contributed by atoms with Gasteiger partial charge in [0.15, 0.2) is 6.10 Å². The Bertz CT molecular complexity index is 511. The summed E-state index contributed by atoms with van der Waals surface area (Å²) in [6.07, 6.45) is -3.84. The van der Waals surface area contributed by atoms with Crippen molar-refractivity contribution in [2.24, 2.45) is 17.8 Å². The van der Waals surface area contributed by atoms with E-state index in [4.69, 9.17) is 28.4 Å². The molecule has 174 valence electrons. The summed E-state index contributed by atoms with van der Waals surface area (Å²) >= 11 is 0. The van der Waals surface area contributed by atoms with Gasteiger partial charge in [0.1, 0.15) is 12.2 Å². The predicted molar refractivity (Wildman–Crippen MR) is 107 cm³/mol. The van der Waals surface area contributed by atoms with E-state index in [-0.39, 0.29) is 37.6 Å². The Balaban J connectivity index is 2.80. The van der Waals surface area contributed by atoms with Crippen LogP contribution in [-0.2, 0) is 28.4 Å². The first-order chi connectivity index (χ1) is 14.1. The van der Waals surface area contributed by atoms with Gasteiger partial charge in [-0.2, -0.15) is 0 Å². The van der Waals surface area contributed by atoms with E-state index in [9.17, 15) is 14.4 Å². The lowest BCUT2D eigenvalue weighted by Gasteiger charge is -2.35. The molecule has 0 amide bonds. The van der Waals surface area contributed by atoms with Crippen LogP contribution in [0, 0.1) is 17.8 Å². The highest BCUT2D eigenvalue weighted by Gasteiger charge is 2.42. The molecule has 1 aliphatic carbocycles. The summed E-state index contributed by atoms with van der Waals surface area (Å²) in [6, 6.07) is 0. The normalized spacial score (nSPS) is 21.3. The van der Waals surface area contributed by atoms with Crippen LogP contribution in [0.5, 0.6) is 0 Å². The van der Waals surface area contributed by atoms with Crippen LogP contribution in [0.3, 0.4) is 0 Å². The minimum absolute atomic E-state index is 0.125. The smallest absolute Gasteiger partial charge is 0.434 e. The van der Waals surface area contributed by atoms with Crippen molar-refractivity contribution in [1.82, 2.24) is 0 Å². The monoisotopic (exact) mass is 432 g/mol. The van der Waals surface area contributed by atoms with E-state index in [1.54, 1.807) is 0 Å². The topological polar surface area (TPSA) is 107 Å². The zero-order valence-electron chi connectivity index (χ0n) is 18.9. The third kappa shape index (κ3) is 10.5. The van der Waals surface area contributed by atoms with Crippen LogP contribution in [0.25, 0.3) is 0 Å². The van der Waals surface area contributed by atoms with Crippen LogP contribution < -0.4 is 0 Å². The largest absolute Gasteiger partial charge is 0.508 e. The fourth-order valence-corrected chi connectivity index (χ4v) is 2.66. The van der Waals surface area contributed by atoms with Gasteiger partial charge >= 0.3 is 18.5 Å². The SMILES string of the molecule is CC(C)COC(=O)OC1CCCC(OC(=O)OCC(C)C)C1OC(=O)OCC(C)C. The van der Waals surface area contributed by atoms with Gasteiger partial charge in [-0.1, -0.05) is 41.5 Å². The van der Waals surface area contributed by atoms with Gasteiger partial charge in [-0.3, -0.25) is 0 Å². The van der Waals surface area contributed by atoms with Crippen LogP contribution in [-0.4, -0.2) is 56.6 Å². The average molecular weight is 433 g/mol. The second kappa shape index (κ2) is 13.2. The third-order valence-corrected chi connectivity index (χ3v) is 4.04. The fourth-order valence-electron chi connectivity index (χ4n) is 2.66. The van der Waals surface area contributed by atoms with E-state index in [2.05, 4.69) is 0 Å². The van der Waals surface area contributed by atoms with Crippen LogP contribution in [0.2, 0.25) is 0 Å². The summed E-state index contributed by atoms with van der Waals surface area (Å²) in [5, 5.41) is 0. The Labute approximate surface area is 178 Å². The molecule has 0 bridgehead atoms. The molecule has 0 radical (unpaired) electrons. The summed E-state index contributed by atoms with van der Waals surface area (Å²) in [7, 11) is 0. The molecular weight excluding hydrogens is 396 g/mol. The van der Waals surface area contributed by atoms with Gasteiger partial charge < -0.3 is 28.4 Å². The van der Waals surface area contributed by atoms with Crippen molar-refractivity contribution < 1.29 is 42.8 Å². The molecule has 1 fully saturated rings. The second-order valence-corrected chi connectivity index (χ2v) is 8.69. The Kier molecular flexibility index (Phi) is 11.4. The molecule has 0 N–H and O–H groups in total. The molecule has 2 unspecified atom stereocenters. The number of ether oxygens (including phenoxy) is 6. The molecule has 9 nitrogen and oxygen atoms in total.